The van der Waals surface area contributed by atoms with E-state index in [4.69, 9.17) is 4.74 Å². The van der Waals surface area contributed by atoms with Gasteiger partial charge in [0.25, 0.3) is 0 Å². The second kappa shape index (κ2) is 6.13. The van der Waals surface area contributed by atoms with Gasteiger partial charge >= 0.3 is 0 Å². The van der Waals surface area contributed by atoms with Gasteiger partial charge in [0, 0.05) is 44.1 Å². The summed E-state index contributed by atoms with van der Waals surface area (Å²) in [6.45, 7) is 4.03. The molecule has 0 bridgehead atoms. The number of fused-ring (bicyclic) bond motifs is 1. The molecule has 0 unspecified atom stereocenters. The van der Waals surface area contributed by atoms with Gasteiger partial charge in [0.05, 0.1) is 19.0 Å². The van der Waals surface area contributed by atoms with Gasteiger partial charge in [0.2, 0.25) is 0 Å². The summed E-state index contributed by atoms with van der Waals surface area (Å²) in [6, 6.07) is 8.01. The Morgan fingerprint density at radius 3 is 2.62 bits per heavy atom. The number of para-hydroxylation sites is 1. The summed E-state index contributed by atoms with van der Waals surface area (Å²) in [5, 5.41) is 0. The molecule has 3 aromatic rings. The Balaban J connectivity index is 1.79. The molecular formula is C18H21N5O. The van der Waals surface area contributed by atoms with Crippen molar-refractivity contribution in [2.45, 2.75) is 0 Å². The number of likely N-dealkylation sites (N-methyl/N-ethyl adjacent to an activating group) is 1. The molecule has 1 saturated heterocycles. The van der Waals surface area contributed by atoms with E-state index in [1.807, 2.05) is 36.8 Å². The molecule has 0 spiro atoms. The highest BCUT2D eigenvalue weighted by Crippen LogP contribution is 2.31. The Morgan fingerprint density at radius 1 is 1.04 bits per heavy atom. The van der Waals surface area contributed by atoms with Crippen molar-refractivity contribution in [2.75, 3.05) is 45.2 Å². The van der Waals surface area contributed by atoms with E-state index >= 15 is 0 Å². The van der Waals surface area contributed by atoms with E-state index in [0.717, 1.165) is 54.7 Å². The first-order valence-corrected chi connectivity index (χ1v) is 8.17. The molecule has 0 radical (unpaired) electrons. The first-order valence-electron chi connectivity index (χ1n) is 8.17. The van der Waals surface area contributed by atoms with Gasteiger partial charge in [-0.2, -0.15) is 0 Å². The first-order chi connectivity index (χ1) is 11.8. The van der Waals surface area contributed by atoms with E-state index < -0.39 is 0 Å². The molecule has 124 valence electrons. The summed E-state index contributed by atoms with van der Waals surface area (Å²) in [7, 11) is 3.85. The van der Waals surface area contributed by atoms with E-state index in [2.05, 4.69) is 37.3 Å². The van der Waals surface area contributed by atoms with Crippen LogP contribution in [0.5, 0.6) is 5.75 Å². The van der Waals surface area contributed by atoms with Crippen molar-refractivity contribution in [1.29, 1.82) is 0 Å². The lowest BCUT2D eigenvalue weighted by Crippen LogP contribution is -2.45. The van der Waals surface area contributed by atoms with Gasteiger partial charge in [-0.05, 0) is 19.2 Å². The van der Waals surface area contributed by atoms with Crippen LogP contribution in [0.4, 0.5) is 5.82 Å². The third-order valence-corrected chi connectivity index (χ3v) is 4.60. The van der Waals surface area contributed by atoms with Crippen molar-refractivity contribution >= 4 is 11.5 Å². The van der Waals surface area contributed by atoms with Crippen LogP contribution in [0.25, 0.3) is 16.9 Å². The van der Waals surface area contributed by atoms with Crippen molar-refractivity contribution in [3.05, 3.63) is 42.9 Å². The third-order valence-electron chi connectivity index (χ3n) is 4.60. The normalized spacial score (nSPS) is 15.8. The molecule has 6 heteroatoms. The van der Waals surface area contributed by atoms with Crippen LogP contribution in [-0.2, 0) is 0 Å². The van der Waals surface area contributed by atoms with Gasteiger partial charge in [0.1, 0.15) is 5.75 Å². The van der Waals surface area contributed by atoms with Crippen LogP contribution in [-0.4, -0.2) is 59.6 Å². The van der Waals surface area contributed by atoms with E-state index in [1.165, 1.54) is 0 Å². The maximum Gasteiger partial charge on any atom is 0.180 e. The van der Waals surface area contributed by atoms with E-state index in [1.54, 1.807) is 7.11 Å². The molecular weight excluding hydrogens is 302 g/mol. The van der Waals surface area contributed by atoms with Crippen LogP contribution >= 0.6 is 0 Å². The maximum atomic E-state index is 5.50. The average Bonchev–Trinajstić information content (AvgIpc) is 3.06. The number of rotatable bonds is 3. The molecule has 24 heavy (non-hydrogen) atoms. The number of methoxy groups -OCH3 is 1. The summed E-state index contributed by atoms with van der Waals surface area (Å²) < 4.78 is 7.60. The number of imidazole rings is 1. The predicted octanol–water partition coefficient (Wildman–Crippen LogP) is 2.16. The zero-order valence-corrected chi connectivity index (χ0v) is 14.0. The summed E-state index contributed by atoms with van der Waals surface area (Å²) in [5.74, 6) is 1.80. The molecule has 0 amide bonds. The fourth-order valence-electron chi connectivity index (χ4n) is 3.20. The molecule has 1 aliphatic rings. The second-order valence-electron chi connectivity index (χ2n) is 6.08. The van der Waals surface area contributed by atoms with E-state index in [0.29, 0.717) is 0 Å². The number of anilines is 1. The highest BCUT2D eigenvalue weighted by molar-refractivity contribution is 5.74. The number of piperazine rings is 1. The Kier molecular flexibility index (Phi) is 3.82. The molecule has 0 aliphatic carbocycles. The molecule has 0 atom stereocenters. The molecule has 4 rings (SSSR count). The Bertz CT molecular complexity index is 851. The molecule has 3 heterocycles. The van der Waals surface area contributed by atoms with Gasteiger partial charge in [-0.25, -0.2) is 9.97 Å². The third kappa shape index (κ3) is 2.49. The molecule has 0 N–H and O–H groups in total. The first kappa shape index (κ1) is 15.0. The van der Waals surface area contributed by atoms with Crippen LogP contribution in [0.2, 0.25) is 0 Å². The van der Waals surface area contributed by atoms with Gasteiger partial charge in [0.15, 0.2) is 11.5 Å². The summed E-state index contributed by atoms with van der Waals surface area (Å²) in [4.78, 5) is 13.9. The van der Waals surface area contributed by atoms with Gasteiger partial charge < -0.3 is 14.5 Å². The van der Waals surface area contributed by atoms with Crippen molar-refractivity contribution in [3.63, 3.8) is 0 Å². The molecule has 1 fully saturated rings. The van der Waals surface area contributed by atoms with Gasteiger partial charge in [-0.1, -0.05) is 12.1 Å². The number of hydrogen-bond acceptors (Lipinski definition) is 5. The SMILES string of the molecule is COc1ccccc1-c1cnc2c(N3CCN(C)CC3)nccn12. The van der Waals surface area contributed by atoms with Gasteiger partial charge in [-0.3, -0.25) is 4.40 Å². The minimum atomic E-state index is 0.845. The summed E-state index contributed by atoms with van der Waals surface area (Å²) >= 11 is 0. The minimum Gasteiger partial charge on any atom is -0.496 e. The lowest BCUT2D eigenvalue weighted by atomic mass is 10.1. The Morgan fingerprint density at radius 2 is 1.83 bits per heavy atom. The number of hydrogen-bond donors (Lipinski definition) is 0. The van der Waals surface area contributed by atoms with Gasteiger partial charge in [-0.15, -0.1) is 0 Å². The number of benzene rings is 1. The monoisotopic (exact) mass is 323 g/mol. The topological polar surface area (TPSA) is 45.9 Å². The standard InChI is InChI=1S/C18H21N5O/c1-21-9-11-22(12-10-21)17-18-20-13-15(23(18)8-7-19-17)14-5-3-4-6-16(14)24-2/h3-8,13H,9-12H2,1-2H3. The molecule has 2 aromatic heterocycles. The zero-order valence-electron chi connectivity index (χ0n) is 14.0. The smallest absolute Gasteiger partial charge is 0.180 e. The number of nitrogens with zero attached hydrogens (tertiary/aromatic N) is 5. The van der Waals surface area contributed by atoms with Crippen molar-refractivity contribution in [3.8, 4) is 17.0 Å². The number of ether oxygens (including phenoxy) is 1. The second-order valence-corrected chi connectivity index (χ2v) is 6.08. The van der Waals surface area contributed by atoms with E-state index in [-0.39, 0.29) is 0 Å². The Hall–Kier alpha value is -2.60. The van der Waals surface area contributed by atoms with Crippen LogP contribution in [0.3, 0.4) is 0 Å². The molecule has 6 nitrogen and oxygen atoms in total. The zero-order chi connectivity index (χ0) is 16.5. The van der Waals surface area contributed by atoms with E-state index in [9.17, 15) is 0 Å². The van der Waals surface area contributed by atoms with Crippen LogP contribution in [0.15, 0.2) is 42.9 Å². The van der Waals surface area contributed by atoms with Crippen molar-refractivity contribution in [2.24, 2.45) is 0 Å². The Labute approximate surface area is 141 Å². The number of aromatic nitrogens is 3. The fraction of sp³-hybridized carbons (Fsp3) is 0.333. The largest absolute Gasteiger partial charge is 0.496 e. The maximum absolute atomic E-state index is 5.50. The molecule has 1 aromatic carbocycles. The summed E-state index contributed by atoms with van der Waals surface area (Å²) in [6.07, 6.45) is 5.71. The summed E-state index contributed by atoms with van der Waals surface area (Å²) in [5.41, 5.74) is 2.94. The highest BCUT2D eigenvalue weighted by Gasteiger charge is 2.20. The van der Waals surface area contributed by atoms with Crippen LogP contribution in [0, 0.1) is 0 Å². The van der Waals surface area contributed by atoms with Crippen molar-refractivity contribution in [1.82, 2.24) is 19.3 Å². The van der Waals surface area contributed by atoms with Crippen LogP contribution in [0.1, 0.15) is 0 Å². The lowest BCUT2D eigenvalue weighted by molar-refractivity contribution is 0.312. The fourth-order valence-corrected chi connectivity index (χ4v) is 3.20. The minimum absolute atomic E-state index is 0.845. The highest BCUT2D eigenvalue weighted by atomic mass is 16.5. The van der Waals surface area contributed by atoms with Crippen LogP contribution < -0.4 is 9.64 Å². The quantitative estimate of drug-likeness (QED) is 0.739. The average molecular weight is 323 g/mol. The molecule has 1 aliphatic heterocycles. The van der Waals surface area contributed by atoms with Crippen molar-refractivity contribution < 1.29 is 4.74 Å². The predicted molar refractivity (Wildman–Crippen MR) is 94.7 cm³/mol. The molecule has 0 saturated carbocycles. The lowest BCUT2D eigenvalue weighted by Gasteiger charge is -2.33.